The zero-order valence-electron chi connectivity index (χ0n) is 18.1. The van der Waals surface area contributed by atoms with Gasteiger partial charge < -0.3 is 9.32 Å². The summed E-state index contributed by atoms with van der Waals surface area (Å²) in [5.74, 6) is -0.481. The van der Waals surface area contributed by atoms with Crippen LogP contribution in [0.3, 0.4) is 0 Å². The molecule has 180 valence electrons. The van der Waals surface area contributed by atoms with Crippen molar-refractivity contribution in [1.82, 2.24) is 14.9 Å². The summed E-state index contributed by atoms with van der Waals surface area (Å²) in [4.78, 5) is 22.9. The van der Waals surface area contributed by atoms with E-state index in [-0.39, 0.29) is 23.8 Å². The van der Waals surface area contributed by atoms with Crippen LogP contribution in [0.15, 0.2) is 82.7 Å². The first-order valence-electron chi connectivity index (χ1n) is 10.3. The van der Waals surface area contributed by atoms with E-state index in [1.807, 2.05) is 0 Å². The highest BCUT2D eigenvalue weighted by Gasteiger charge is 2.27. The first-order chi connectivity index (χ1) is 16.7. The molecule has 0 aliphatic carbocycles. The largest absolute Gasteiger partial charge is 0.467 e. The third-order valence-corrected chi connectivity index (χ3v) is 7.35. The zero-order valence-corrected chi connectivity index (χ0v) is 21.2. The third kappa shape index (κ3) is 6.21. The lowest BCUT2D eigenvalue weighted by atomic mass is 10.2. The maximum absolute atomic E-state index is 13.5. The van der Waals surface area contributed by atoms with Crippen LogP contribution in [0.4, 0.5) is 0 Å². The molecule has 2 heterocycles. The topological polar surface area (TPSA) is 93.4 Å². The first kappa shape index (κ1) is 25.2. The fourth-order valence-corrected chi connectivity index (χ4v) is 5.10. The Kier molecular flexibility index (Phi) is 7.76. The molecule has 0 aliphatic heterocycles. The summed E-state index contributed by atoms with van der Waals surface area (Å²) in [5.41, 5.74) is 0.953. The predicted molar refractivity (Wildman–Crippen MR) is 133 cm³/mol. The Morgan fingerprint density at radius 3 is 2.34 bits per heavy atom. The molecule has 2 aromatic heterocycles. The number of furan rings is 1. The minimum Gasteiger partial charge on any atom is -0.467 e. The standard InChI is InChI=1S/C24H18Cl3N3O4S/c25-18-9-7-16(8-10-18)13-30(14-19-5-3-11-34-19)23(31)22-21(27)12-28-24(29-22)35(32,33)15-17-4-1-2-6-20(17)26/h1-12H,13-15H2. The van der Waals surface area contributed by atoms with E-state index in [1.54, 1.807) is 60.7 Å². The molecule has 11 heteroatoms. The molecule has 35 heavy (non-hydrogen) atoms. The highest BCUT2D eigenvalue weighted by atomic mass is 35.5. The van der Waals surface area contributed by atoms with Crippen LogP contribution in [0.2, 0.25) is 15.1 Å². The minimum absolute atomic E-state index is 0.0766. The van der Waals surface area contributed by atoms with Crippen molar-refractivity contribution < 1.29 is 17.6 Å². The zero-order chi connectivity index (χ0) is 25.0. The van der Waals surface area contributed by atoms with Gasteiger partial charge in [0.2, 0.25) is 15.0 Å². The molecule has 0 spiro atoms. The number of aromatic nitrogens is 2. The predicted octanol–water partition coefficient (Wildman–Crippen LogP) is 5.85. The van der Waals surface area contributed by atoms with Gasteiger partial charge in [0, 0.05) is 16.6 Å². The summed E-state index contributed by atoms with van der Waals surface area (Å²) in [6.45, 7) is 0.287. The van der Waals surface area contributed by atoms with Gasteiger partial charge in [-0.1, -0.05) is 65.1 Å². The Bertz CT molecular complexity index is 1440. The van der Waals surface area contributed by atoms with Gasteiger partial charge in [-0.05, 0) is 41.5 Å². The highest BCUT2D eigenvalue weighted by molar-refractivity contribution is 7.90. The van der Waals surface area contributed by atoms with E-state index in [1.165, 1.54) is 11.2 Å². The van der Waals surface area contributed by atoms with Gasteiger partial charge in [-0.25, -0.2) is 18.4 Å². The number of rotatable bonds is 8. The lowest BCUT2D eigenvalue weighted by Gasteiger charge is -2.22. The normalized spacial score (nSPS) is 11.4. The van der Waals surface area contributed by atoms with Gasteiger partial charge in [-0.3, -0.25) is 4.79 Å². The summed E-state index contributed by atoms with van der Waals surface area (Å²) in [5, 5.41) is 0.264. The summed E-state index contributed by atoms with van der Waals surface area (Å²) in [6, 6.07) is 17.0. The molecular formula is C24H18Cl3N3O4S. The molecule has 4 rings (SSSR count). The molecule has 0 N–H and O–H groups in total. The van der Waals surface area contributed by atoms with Crippen molar-refractivity contribution in [3.8, 4) is 0 Å². The fraction of sp³-hybridized carbons (Fsp3) is 0.125. The van der Waals surface area contributed by atoms with Crippen LogP contribution in [0, 0.1) is 0 Å². The van der Waals surface area contributed by atoms with Crippen molar-refractivity contribution in [3.05, 3.63) is 111 Å². The summed E-state index contributed by atoms with van der Waals surface area (Å²) < 4.78 is 31.4. The molecule has 0 radical (unpaired) electrons. The van der Waals surface area contributed by atoms with E-state index in [0.29, 0.717) is 21.4 Å². The van der Waals surface area contributed by atoms with Gasteiger partial charge in [0.15, 0.2) is 5.69 Å². The molecule has 7 nitrogen and oxygen atoms in total. The Morgan fingerprint density at radius 1 is 0.914 bits per heavy atom. The maximum Gasteiger partial charge on any atom is 0.274 e. The number of halogens is 3. The van der Waals surface area contributed by atoms with E-state index < -0.39 is 26.7 Å². The van der Waals surface area contributed by atoms with Crippen molar-refractivity contribution in [2.24, 2.45) is 0 Å². The van der Waals surface area contributed by atoms with E-state index >= 15 is 0 Å². The molecule has 0 atom stereocenters. The Hall–Kier alpha value is -2.91. The SMILES string of the molecule is O=C(c1nc(S(=O)(=O)Cc2ccccc2Cl)ncc1Cl)N(Cc1ccc(Cl)cc1)Cc1ccco1. The highest BCUT2D eigenvalue weighted by Crippen LogP contribution is 2.24. The van der Waals surface area contributed by atoms with E-state index in [4.69, 9.17) is 39.2 Å². The molecule has 0 saturated heterocycles. The van der Waals surface area contributed by atoms with Gasteiger partial charge in [0.25, 0.3) is 5.91 Å². The van der Waals surface area contributed by atoms with Crippen molar-refractivity contribution >= 4 is 50.5 Å². The molecular weight excluding hydrogens is 533 g/mol. The molecule has 0 unspecified atom stereocenters. The Morgan fingerprint density at radius 2 is 1.66 bits per heavy atom. The van der Waals surface area contributed by atoms with Gasteiger partial charge in [0.1, 0.15) is 5.76 Å². The third-order valence-electron chi connectivity index (χ3n) is 5.01. The average Bonchev–Trinajstić information content (AvgIpc) is 3.34. The average molecular weight is 551 g/mol. The van der Waals surface area contributed by atoms with Gasteiger partial charge in [-0.15, -0.1) is 0 Å². The number of sulfone groups is 1. The van der Waals surface area contributed by atoms with Crippen molar-refractivity contribution in [3.63, 3.8) is 0 Å². The van der Waals surface area contributed by atoms with Crippen LogP contribution in [0.25, 0.3) is 0 Å². The molecule has 0 fully saturated rings. The second-order valence-electron chi connectivity index (χ2n) is 7.57. The quantitative estimate of drug-likeness (QED) is 0.256. The van der Waals surface area contributed by atoms with Crippen LogP contribution in [0.1, 0.15) is 27.4 Å². The number of hydrogen-bond acceptors (Lipinski definition) is 6. The number of nitrogens with zero attached hydrogens (tertiary/aromatic N) is 3. The lowest BCUT2D eigenvalue weighted by molar-refractivity contribution is 0.0710. The smallest absolute Gasteiger partial charge is 0.274 e. The van der Waals surface area contributed by atoms with Crippen LogP contribution in [0.5, 0.6) is 0 Å². The van der Waals surface area contributed by atoms with Crippen molar-refractivity contribution in [2.45, 2.75) is 24.0 Å². The van der Waals surface area contributed by atoms with Crippen LogP contribution in [-0.4, -0.2) is 29.2 Å². The Labute approximate surface area is 217 Å². The second kappa shape index (κ2) is 10.8. The van der Waals surface area contributed by atoms with Gasteiger partial charge in [0.05, 0.1) is 29.8 Å². The summed E-state index contributed by atoms with van der Waals surface area (Å²) in [6.07, 6.45) is 2.60. The fourth-order valence-electron chi connectivity index (χ4n) is 3.29. The van der Waals surface area contributed by atoms with E-state index in [0.717, 1.165) is 11.8 Å². The van der Waals surface area contributed by atoms with Crippen LogP contribution in [-0.2, 0) is 28.7 Å². The lowest BCUT2D eigenvalue weighted by Crippen LogP contribution is -2.31. The summed E-state index contributed by atoms with van der Waals surface area (Å²) >= 11 is 18.3. The van der Waals surface area contributed by atoms with Crippen molar-refractivity contribution in [1.29, 1.82) is 0 Å². The van der Waals surface area contributed by atoms with Crippen LogP contribution >= 0.6 is 34.8 Å². The van der Waals surface area contributed by atoms with Gasteiger partial charge >= 0.3 is 0 Å². The number of amides is 1. The maximum atomic E-state index is 13.5. The number of carbonyl (C=O) groups excluding carboxylic acids is 1. The number of benzene rings is 2. The summed E-state index contributed by atoms with van der Waals surface area (Å²) in [7, 11) is -4.02. The molecule has 0 saturated carbocycles. The molecule has 0 aliphatic rings. The Balaban J connectivity index is 1.66. The number of hydrogen-bond donors (Lipinski definition) is 0. The molecule has 4 aromatic rings. The van der Waals surface area contributed by atoms with E-state index in [9.17, 15) is 13.2 Å². The number of carbonyl (C=O) groups is 1. The minimum atomic E-state index is -4.02. The van der Waals surface area contributed by atoms with E-state index in [2.05, 4.69) is 9.97 Å². The second-order valence-corrected chi connectivity index (χ2v) is 10.7. The monoisotopic (exact) mass is 549 g/mol. The molecule has 2 aromatic carbocycles. The van der Waals surface area contributed by atoms with Gasteiger partial charge in [-0.2, -0.15) is 0 Å². The van der Waals surface area contributed by atoms with Crippen molar-refractivity contribution in [2.75, 3.05) is 0 Å². The molecule has 1 amide bonds. The molecule has 0 bridgehead atoms. The van der Waals surface area contributed by atoms with Crippen LogP contribution < -0.4 is 0 Å². The first-order valence-corrected chi connectivity index (χ1v) is 13.1.